The second-order valence-electron chi connectivity index (χ2n) is 7.71. The van der Waals surface area contributed by atoms with E-state index in [0.717, 1.165) is 53.5 Å². The van der Waals surface area contributed by atoms with Gasteiger partial charge < -0.3 is 20.2 Å². The first-order chi connectivity index (χ1) is 15.0. The molecular weight excluding hydrogens is 392 g/mol. The number of benzene rings is 2. The lowest BCUT2D eigenvalue weighted by Gasteiger charge is -2.12. The van der Waals surface area contributed by atoms with Gasteiger partial charge in [-0.3, -0.25) is 9.59 Å². The van der Waals surface area contributed by atoms with Gasteiger partial charge in [-0.05, 0) is 56.9 Å². The van der Waals surface area contributed by atoms with Crippen LogP contribution in [0.2, 0.25) is 0 Å². The number of allylic oxidation sites excluding steroid dienone is 1. The maximum atomic E-state index is 12.7. The van der Waals surface area contributed by atoms with Crippen molar-refractivity contribution >= 4 is 34.0 Å². The summed E-state index contributed by atoms with van der Waals surface area (Å²) in [5.41, 5.74) is 9.74. The van der Waals surface area contributed by atoms with E-state index < -0.39 is 5.91 Å². The van der Waals surface area contributed by atoms with E-state index in [2.05, 4.69) is 11.4 Å². The summed E-state index contributed by atoms with van der Waals surface area (Å²) in [5.74, 6) is 0.803. The van der Waals surface area contributed by atoms with Gasteiger partial charge in [-0.2, -0.15) is 0 Å². The zero-order chi connectivity index (χ0) is 22.0. The van der Waals surface area contributed by atoms with Crippen molar-refractivity contribution in [3.8, 4) is 5.75 Å². The van der Waals surface area contributed by atoms with Crippen LogP contribution in [-0.2, 0) is 17.6 Å². The van der Waals surface area contributed by atoms with E-state index >= 15 is 0 Å². The van der Waals surface area contributed by atoms with Crippen molar-refractivity contribution in [3.63, 3.8) is 0 Å². The van der Waals surface area contributed by atoms with Crippen molar-refractivity contribution in [3.05, 3.63) is 64.9 Å². The second-order valence-corrected chi connectivity index (χ2v) is 7.71. The highest BCUT2D eigenvalue weighted by molar-refractivity contribution is 6.08. The molecule has 6 nitrogen and oxygen atoms in total. The van der Waals surface area contributed by atoms with Crippen LogP contribution in [0.5, 0.6) is 5.75 Å². The van der Waals surface area contributed by atoms with Gasteiger partial charge in [-0.15, -0.1) is 0 Å². The summed E-state index contributed by atoms with van der Waals surface area (Å²) in [4.78, 5) is 24.3. The number of rotatable bonds is 6. The van der Waals surface area contributed by atoms with Crippen molar-refractivity contribution in [2.45, 2.75) is 39.5 Å². The van der Waals surface area contributed by atoms with Crippen LogP contribution < -0.4 is 15.8 Å². The third kappa shape index (κ3) is 4.19. The molecule has 0 aliphatic heterocycles. The average molecular weight is 418 g/mol. The predicted octanol–water partition coefficient (Wildman–Crippen LogP) is 4.85. The Morgan fingerprint density at radius 2 is 1.94 bits per heavy atom. The van der Waals surface area contributed by atoms with E-state index in [-0.39, 0.29) is 11.5 Å². The maximum Gasteiger partial charge on any atom is 0.250 e. The highest BCUT2D eigenvalue weighted by Crippen LogP contribution is 2.38. The lowest BCUT2D eigenvalue weighted by molar-refractivity contribution is -0.111. The molecule has 0 unspecified atom stereocenters. The van der Waals surface area contributed by atoms with Gasteiger partial charge in [-0.1, -0.05) is 12.1 Å². The molecule has 2 aromatic carbocycles. The fraction of sp³-hybridized carbons (Fsp3) is 0.280. The number of carbonyl (C=O) groups excluding carboxylic acids is 2. The van der Waals surface area contributed by atoms with E-state index in [1.54, 1.807) is 24.3 Å². The van der Waals surface area contributed by atoms with Gasteiger partial charge >= 0.3 is 0 Å². The summed E-state index contributed by atoms with van der Waals surface area (Å²) >= 11 is 0. The van der Waals surface area contributed by atoms with Crippen LogP contribution in [0.15, 0.2) is 46.9 Å². The number of hydrogen-bond acceptors (Lipinski definition) is 4. The monoisotopic (exact) mass is 418 g/mol. The molecule has 1 aliphatic carbocycles. The molecule has 0 spiro atoms. The van der Waals surface area contributed by atoms with E-state index in [1.165, 1.54) is 11.6 Å². The van der Waals surface area contributed by atoms with Crippen LogP contribution in [-0.4, -0.2) is 18.4 Å². The van der Waals surface area contributed by atoms with Gasteiger partial charge in [0, 0.05) is 35.1 Å². The lowest BCUT2D eigenvalue weighted by atomic mass is 9.94. The van der Waals surface area contributed by atoms with Gasteiger partial charge in [-0.25, -0.2) is 0 Å². The predicted molar refractivity (Wildman–Crippen MR) is 121 cm³/mol. The number of anilines is 1. The van der Waals surface area contributed by atoms with Crippen LogP contribution in [0.4, 0.5) is 5.69 Å². The van der Waals surface area contributed by atoms with Gasteiger partial charge in [0.1, 0.15) is 17.1 Å². The van der Waals surface area contributed by atoms with Crippen molar-refractivity contribution in [2.24, 2.45) is 5.73 Å². The molecule has 0 saturated carbocycles. The molecule has 1 heterocycles. The van der Waals surface area contributed by atoms with Gasteiger partial charge in [0.2, 0.25) is 5.91 Å². The number of aryl methyl sites for hydroxylation is 2. The number of para-hydroxylation sites is 1. The molecule has 0 radical (unpaired) electrons. The van der Waals surface area contributed by atoms with E-state index in [9.17, 15) is 9.59 Å². The van der Waals surface area contributed by atoms with E-state index in [0.29, 0.717) is 18.0 Å². The first kappa shape index (κ1) is 20.7. The fourth-order valence-corrected chi connectivity index (χ4v) is 4.12. The van der Waals surface area contributed by atoms with Crippen LogP contribution in [0.1, 0.15) is 53.9 Å². The Hall–Kier alpha value is -3.54. The lowest BCUT2D eigenvalue weighted by Crippen LogP contribution is -2.17. The summed E-state index contributed by atoms with van der Waals surface area (Å²) in [6, 6.07) is 10.6. The molecule has 2 amide bonds. The summed E-state index contributed by atoms with van der Waals surface area (Å²) < 4.78 is 11.9. The molecule has 0 atom stereocenters. The van der Waals surface area contributed by atoms with Crippen LogP contribution in [0.25, 0.3) is 16.5 Å². The quantitative estimate of drug-likeness (QED) is 0.560. The Balaban J connectivity index is 1.69. The molecule has 0 bridgehead atoms. The highest BCUT2D eigenvalue weighted by Gasteiger charge is 2.20. The molecule has 4 rings (SSSR count). The van der Waals surface area contributed by atoms with E-state index in [4.69, 9.17) is 14.9 Å². The number of nitrogens with two attached hydrogens (primary N) is 1. The Morgan fingerprint density at radius 3 is 2.71 bits per heavy atom. The number of furan rings is 1. The molecule has 3 aromatic rings. The fourth-order valence-electron chi connectivity index (χ4n) is 4.12. The Morgan fingerprint density at radius 1 is 1.16 bits per heavy atom. The minimum atomic E-state index is -0.592. The number of carbonyl (C=O) groups is 2. The van der Waals surface area contributed by atoms with Crippen LogP contribution in [0, 0.1) is 0 Å². The Bertz CT molecular complexity index is 1190. The smallest absolute Gasteiger partial charge is 0.250 e. The number of fused-ring (bicyclic) bond motifs is 3. The minimum absolute atomic E-state index is 0.267. The second kappa shape index (κ2) is 8.68. The van der Waals surface area contributed by atoms with Gasteiger partial charge in [0.25, 0.3) is 5.91 Å². The van der Waals surface area contributed by atoms with Gasteiger partial charge in [0.15, 0.2) is 0 Å². The zero-order valence-corrected chi connectivity index (χ0v) is 17.8. The standard InChI is InChI=1S/C25H26N2O4/c1-3-30-22-14-23-19(16-8-5-7-11-21(16)31-23)13-18(22)15(2)12-24(28)27-20-10-6-4-9-17(20)25(26)29/h4,6,9-10,12-14H,3,5,7-8,11H2,1-2H3,(H2,26,29)(H,27,28)/b15-12+. The van der Waals surface area contributed by atoms with Crippen LogP contribution >= 0.6 is 0 Å². The molecule has 1 aromatic heterocycles. The molecule has 6 heteroatoms. The van der Waals surface area contributed by atoms with Crippen molar-refractivity contribution < 1.29 is 18.7 Å². The number of amides is 2. The van der Waals surface area contributed by atoms with Crippen LogP contribution in [0.3, 0.4) is 0 Å². The number of hydrogen-bond donors (Lipinski definition) is 2. The normalized spacial score (nSPS) is 13.7. The number of nitrogens with one attached hydrogen (secondary N) is 1. The topological polar surface area (TPSA) is 94.6 Å². The largest absolute Gasteiger partial charge is 0.493 e. The molecule has 3 N–H and O–H groups in total. The first-order valence-electron chi connectivity index (χ1n) is 10.6. The third-order valence-corrected chi connectivity index (χ3v) is 5.58. The average Bonchev–Trinajstić information content (AvgIpc) is 3.11. The highest BCUT2D eigenvalue weighted by atomic mass is 16.5. The van der Waals surface area contributed by atoms with Crippen molar-refractivity contribution in [1.29, 1.82) is 0 Å². The third-order valence-electron chi connectivity index (χ3n) is 5.58. The maximum absolute atomic E-state index is 12.7. The summed E-state index contributed by atoms with van der Waals surface area (Å²) in [7, 11) is 0. The minimum Gasteiger partial charge on any atom is -0.493 e. The van der Waals surface area contributed by atoms with E-state index in [1.807, 2.05) is 19.9 Å². The molecule has 1 aliphatic rings. The molecular formula is C25H26N2O4. The SMILES string of the molecule is CCOc1cc2oc3c(c2cc1/C(C)=C/C(=O)Nc1ccccc1C(N)=O)CCCC3. The molecule has 160 valence electrons. The Labute approximate surface area is 181 Å². The molecule has 0 saturated heterocycles. The zero-order valence-electron chi connectivity index (χ0n) is 17.8. The van der Waals surface area contributed by atoms with Crippen molar-refractivity contribution in [1.82, 2.24) is 0 Å². The van der Waals surface area contributed by atoms with Crippen molar-refractivity contribution in [2.75, 3.05) is 11.9 Å². The Kier molecular flexibility index (Phi) is 5.80. The summed E-state index contributed by atoms with van der Waals surface area (Å²) in [5, 5.41) is 3.83. The summed E-state index contributed by atoms with van der Waals surface area (Å²) in [6.45, 7) is 4.30. The first-order valence-corrected chi connectivity index (χ1v) is 10.6. The number of primary amides is 1. The summed E-state index contributed by atoms with van der Waals surface area (Å²) in [6.07, 6.45) is 5.77. The molecule has 0 fully saturated rings. The number of ether oxygens (including phenoxy) is 1. The van der Waals surface area contributed by atoms with Gasteiger partial charge in [0.05, 0.1) is 17.9 Å². The molecule has 31 heavy (non-hydrogen) atoms.